The van der Waals surface area contributed by atoms with Crippen molar-refractivity contribution in [2.24, 2.45) is 0 Å². The topological polar surface area (TPSA) is 91.7 Å². The number of likely N-dealkylation sites (tertiary alicyclic amines) is 2. The molecule has 262 valence electrons. The van der Waals surface area contributed by atoms with Gasteiger partial charge in [0.05, 0.1) is 47.9 Å². The molecule has 1 aromatic carbocycles. The molecule has 7 heterocycles. The van der Waals surface area contributed by atoms with E-state index in [-0.39, 0.29) is 23.7 Å². The lowest BCUT2D eigenvalue weighted by molar-refractivity contribution is -0.128. The molecule has 3 saturated heterocycles. The zero-order valence-corrected chi connectivity index (χ0v) is 28.7. The molecule has 1 amide bonds. The van der Waals surface area contributed by atoms with E-state index >= 15 is 0 Å². The van der Waals surface area contributed by atoms with E-state index in [1.54, 1.807) is 6.33 Å². The molecule has 4 fully saturated rings. The van der Waals surface area contributed by atoms with Crippen LogP contribution < -0.4 is 10.2 Å². The Bertz CT molecular complexity index is 1940. The van der Waals surface area contributed by atoms with Gasteiger partial charge in [-0.1, -0.05) is 18.6 Å². The molecule has 1 spiro atoms. The quantitative estimate of drug-likeness (QED) is 0.231. The molecule has 4 aliphatic heterocycles. The van der Waals surface area contributed by atoms with Gasteiger partial charge in [-0.15, -0.1) is 0 Å². The Morgan fingerprint density at radius 3 is 2.40 bits per heavy atom. The number of imidazole rings is 1. The molecule has 50 heavy (non-hydrogen) atoms. The fourth-order valence-electron chi connectivity index (χ4n) is 8.98. The molecule has 3 aromatic heterocycles. The maximum Gasteiger partial charge on any atom is 0.251 e. The number of carbonyl (C=O) groups excluding carboxylic acids is 1. The second kappa shape index (κ2) is 12.3. The predicted molar refractivity (Wildman–Crippen MR) is 188 cm³/mol. The van der Waals surface area contributed by atoms with E-state index in [0.717, 1.165) is 81.9 Å². The molecule has 0 bridgehead atoms. The summed E-state index contributed by atoms with van der Waals surface area (Å²) in [5, 5.41) is 3.05. The summed E-state index contributed by atoms with van der Waals surface area (Å²) in [5.74, 6) is -1.64. The highest BCUT2D eigenvalue weighted by atomic mass is 19.2. The molecular weight excluding hydrogens is 638 g/mol. The fraction of sp³-hybridized carbons (Fsp3) is 0.526. The SMILES string of the molecule is CC(C)n1cnc2cc(-c3ccc4c(c3)N([C@H]3C[C@@H](N5CCCCC5)C3)C(=O)C43CCN(C4COC4)CC3)nc(Nc3ccnc(F)c3F)c21. The van der Waals surface area contributed by atoms with Crippen molar-refractivity contribution in [3.63, 3.8) is 0 Å². The number of benzene rings is 1. The number of pyridine rings is 2. The van der Waals surface area contributed by atoms with Crippen molar-refractivity contribution in [1.82, 2.24) is 29.3 Å². The van der Waals surface area contributed by atoms with E-state index in [1.165, 1.54) is 31.5 Å². The molecular formula is C38H44F2N8O2. The largest absolute Gasteiger partial charge is 0.378 e. The molecule has 5 aliphatic rings. The van der Waals surface area contributed by atoms with Crippen LogP contribution in [-0.2, 0) is 14.9 Å². The predicted octanol–water partition coefficient (Wildman–Crippen LogP) is 6.19. The highest BCUT2D eigenvalue weighted by Gasteiger charge is 2.56. The maximum atomic E-state index is 14.9. The lowest BCUT2D eigenvalue weighted by atomic mass is 9.73. The van der Waals surface area contributed by atoms with Crippen LogP contribution in [0.4, 0.5) is 26.0 Å². The Balaban J connectivity index is 1.10. The third-order valence-corrected chi connectivity index (χ3v) is 12.1. The van der Waals surface area contributed by atoms with Crippen LogP contribution in [0.5, 0.6) is 0 Å². The van der Waals surface area contributed by atoms with Crippen LogP contribution in [-0.4, -0.2) is 92.7 Å². The van der Waals surface area contributed by atoms with Crippen LogP contribution in [0.15, 0.2) is 42.9 Å². The Hall–Kier alpha value is -4.00. The number of fused-ring (bicyclic) bond motifs is 3. The van der Waals surface area contributed by atoms with Gasteiger partial charge in [-0.2, -0.15) is 8.78 Å². The van der Waals surface area contributed by atoms with E-state index in [1.807, 2.05) is 24.5 Å². The fourth-order valence-corrected chi connectivity index (χ4v) is 8.98. The summed E-state index contributed by atoms with van der Waals surface area (Å²) in [5.41, 5.74) is 4.38. The number of carbonyl (C=O) groups is 1. The molecule has 0 unspecified atom stereocenters. The third-order valence-electron chi connectivity index (χ3n) is 12.1. The Morgan fingerprint density at radius 1 is 0.920 bits per heavy atom. The van der Waals surface area contributed by atoms with E-state index in [2.05, 4.69) is 43.2 Å². The first kappa shape index (κ1) is 31.9. The smallest absolute Gasteiger partial charge is 0.251 e. The highest BCUT2D eigenvalue weighted by molar-refractivity contribution is 6.09. The number of ether oxygens (including phenoxy) is 1. The van der Waals surface area contributed by atoms with Gasteiger partial charge in [-0.25, -0.2) is 15.0 Å². The number of nitrogens with one attached hydrogen (secondary N) is 1. The van der Waals surface area contributed by atoms with E-state index in [4.69, 9.17) is 14.7 Å². The van der Waals surface area contributed by atoms with Crippen LogP contribution in [0.1, 0.15) is 70.4 Å². The van der Waals surface area contributed by atoms with Crippen molar-refractivity contribution < 1.29 is 18.3 Å². The second-order valence-electron chi connectivity index (χ2n) is 15.1. The minimum atomic E-state index is -1.18. The Kier molecular flexibility index (Phi) is 7.89. The average molecular weight is 683 g/mol. The van der Waals surface area contributed by atoms with Gasteiger partial charge >= 0.3 is 0 Å². The van der Waals surface area contributed by atoms with Crippen LogP contribution in [0, 0.1) is 11.8 Å². The zero-order valence-electron chi connectivity index (χ0n) is 28.7. The van der Waals surface area contributed by atoms with E-state index in [0.29, 0.717) is 34.6 Å². The van der Waals surface area contributed by atoms with Crippen molar-refractivity contribution >= 4 is 34.1 Å². The Morgan fingerprint density at radius 2 is 1.68 bits per heavy atom. The molecule has 10 nitrogen and oxygen atoms in total. The van der Waals surface area contributed by atoms with Crippen LogP contribution >= 0.6 is 0 Å². The number of nitrogens with zero attached hydrogens (tertiary/aromatic N) is 7. The van der Waals surface area contributed by atoms with Crippen molar-refractivity contribution in [1.29, 1.82) is 0 Å². The first-order chi connectivity index (χ1) is 24.3. The van der Waals surface area contributed by atoms with Crippen molar-refractivity contribution in [2.45, 2.75) is 88.4 Å². The monoisotopic (exact) mass is 682 g/mol. The lowest BCUT2D eigenvalue weighted by Crippen LogP contribution is -2.59. The summed E-state index contributed by atoms with van der Waals surface area (Å²) >= 11 is 0. The Labute approximate surface area is 290 Å². The standard InChI is InChI=1S/C38H44F2N8O2/c1-23(2)47-22-42-31-19-30(44-36(34(31)47)43-29-8-11-41-35(40)33(29)39)24-6-7-28-32(16-24)48(26-17-25(18-26)45-12-4-3-5-13-45)37(49)38(28)9-14-46(15-10-38)27-20-50-21-27/h6-8,11,16,19,22-23,25-27H,3-5,9-10,12-15,17-18,20-21H2,1-2H3,(H,41,43,44)/t25-,26+. The van der Waals surface area contributed by atoms with Gasteiger partial charge in [0.25, 0.3) is 5.95 Å². The molecule has 1 N–H and O–H groups in total. The number of halogens is 2. The molecule has 9 rings (SSSR count). The molecule has 1 saturated carbocycles. The number of anilines is 3. The van der Waals surface area contributed by atoms with Crippen molar-refractivity contribution in [3.05, 3.63) is 60.2 Å². The van der Waals surface area contributed by atoms with Crippen LogP contribution in [0.25, 0.3) is 22.3 Å². The van der Waals surface area contributed by atoms with Crippen molar-refractivity contribution in [2.75, 3.05) is 49.6 Å². The second-order valence-corrected chi connectivity index (χ2v) is 15.1. The maximum absolute atomic E-state index is 14.9. The van der Waals surface area contributed by atoms with Gasteiger partial charge in [0.1, 0.15) is 5.52 Å². The minimum absolute atomic E-state index is 0.0549. The summed E-state index contributed by atoms with van der Waals surface area (Å²) in [6, 6.07) is 10.9. The van der Waals surface area contributed by atoms with E-state index in [9.17, 15) is 13.6 Å². The normalized spacial score (nSPS) is 24.2. The first-order valence-corrected chi connectivity index (χ1v) is 18.3. The molecule has 1 aliphatic carbocycles. The summed E-state index contributed by atoms with van der Waals surface area (Å²) < 4.78 is 36.4. The number of rotatable bonds is 7. The van der Waals surface area contributed by atoms with E-state index < -0.39 is 17.2 Å². The number of hydrogen-bond acceptors (Lipinski definition) is 8. The van der Waals surface area contributed by atoms with Crippen LogP contribution in [0.3, 0.4) is 0 Å². The molecule has 4 aromatic rings. The highest BCUT2D eigenvalue weighted by Crippen LogP contribution is 2.52. The lowest BCUT2D eigenvalue weighted by Gasteiger charge is -2.48. The molecule has 0 radical (unpaired) electrons. The number of aromatic nitrogens is 4. The summed E-state index contributed by atoms with van der Waals surface area (Å²) in [6.45, 7) is 9.70. The summed E-state index contributed by atoms with van der Waals surface area (Å²) in [6.07, 6.45) is 10.4. The number of amides is 1. The number of piperidine rings is 2. The first-order valence-electron chi connectivity index (χ1n) is 18.3. The number of hydrogen-bond donors (Lipinski definition) is 1. The van der Waals surface area contributed by atoms with Gasteiger partial charge < -0.3 is 24.4 Å². The average Bonchev–Trinajstić information content (AvgIpc) is 3.61. The third kappa shape index (κ3) is 5.12. The molecule has 12 heteroatoms. The van der Waals surface area contributed by atoms with Gasteiger partial charge in [-0.05, 0) is 102 Å². The van der Waals surface area contributed by atoms with Crippen molar-refractivity contribution in [3.8, 4) is 11.3 Å². The molecule has 0 atom stereocenters. The summed E-state index contributed by atoms with van der Waals surface area (Å²) in [7, 11) is 0. The minimum Gasteiger partial charge on any atom is -0.378 e. The van der Waals surface area contributed by atoms with Gasteiger partial charge in [0.2, 0.25) is 11.7 Å². The van der Waals surface area contributed by atoms with Gasteiger partial charge in [-0.3, -0.25) is 9.69 Å². The van der Waals surface area contributed by atoms with Gasteiger partial charge in [0, 0.05) is 35.6 Å². The van der Waals surface area contributed by atoms with Crippen LogP contribution in [0.2, 0.25) is 0 Å². The summed E-state index contributed by atoms with van der Waals surface area (Å²) in [4.78, 5) is 35.2. The zero-order chi connectivity index (χ0) is 34.1. The van der Waals surface area contributed by atoms with Gasteiger partial charge in [0.15, 0.2) is 5.82 Å².